The average molecular weight is 363 g/mol. The van der Waals surface area contributed by atoms with Crippen LogP contribution in [0.2, 0.25) is 0 Å². The minimum absolute atomic E-state index is 0.150. The van der Waals surface area contributed by atoms with Crippen LogP contribution in [0.3, 0.4) is 0 Å². The molecule has 0 saturated heterocycles. The summed E-state index contributed by atoms with van der Waals surface area (Å²) >= 11 is 0. The maximum absolute atomic E-state index is 13.1. The Kier molecular flexibility index (Phi) is 5.95. The van der Waals surface area contributed by atoms with Gasteiger partial charge in [-0.3, -0.25) is 9.48 Å². The maximum atomic E-state index is 13.1. The molecular weight excluding hydrogens is 340 g/mol. The molecular formula is C15H23F2N3O3S. The lowest BCUT2D eigenvalue weighted by Gasteiger charge is -2.21. The smallest absolute Gasteiger partial charge is 0.271 e. The number of alkyl halides is 2. The standard InChI is InChI=1S/C15H23F2N3O3S/c1-10(2)8-20-9-12(14(16)17)13(18-20)15(21)19-24(22,23)11-6-4-3-5-7-11/h9-11,14H,3-8H2,1-2H3,(H,19,21). The topological polar surface area (TPSA) is 81.1 Å². The molecule has 1 amide bonds. The third kappa shape index (κ3) is 4.52. The van der Waals surface area contributed by atoms with Crippen LogP contribution in [0.4, 0.5) is 8.78 Å². The van der Waals surface area contributed by atoms with Gasteiger partial charge in [0.25, 0.3) is 12.3 Å². The molecule has 6 nitrogen and oxygen atoms in total. The van der Waals surface area contributed by atoms with Gasteiger partial charge in [0, 0.05) is 12.7 Å². The summed E-state index contributed by atoms with van der Waals surface area (Å²) in [6.45, 7) is 4.14. The number of nitrogens with zero attached hydrogens (tertiary/aromatic N) is 2. The first kappa shape index (κ1) is 18.8. The van der Waals surface area contributed by atoms with E-state index in [4.69, 9.17) is 0 Å². The summed E-state index contributed by atoms with van der Waals surface area (Å²) in [5.41, 5.74) is -1.07. The van der Waals surface area contributed by atoms with Gasteiger partial charge in [0.05, 0.1) is 10.8 Å². The normalized spacial score (nSPS) is 16.8. The highest BCUT2D eigenvalue weighted by molar-refractivity contribution is 7.90. The molecule has 1 aliphatic carbocycles. The maximum Gasteiger partial charge on any atom is 0.285 e. The van der Waals surface area contributed by atoms with E-state index in [1.807, 2.05) is 18.6 Å². The number of rotatable bonds is 6. The highest BCUT2D eigenvalue weighted by atomic mass is 32.2. The fourth-order valence-electron chi connectivity index (χ4n) is 2.88. The molecule has 24 heavy (non-hydrogen) atoms. The van der Waals surface area contributed by atoms with Crippen molar-refractivity contribution in [3.8, 4) is 0 Å². The van der Waals surface area contributed by atoms with Crippen molar-refractivity contribution in [2.45, 2.75) is 64.2 Å². The Labute approximate surface area is 140 Å². The Balaban J connectivity index is 2.20. The summed E-state index contributed by atoms with van der Waals surface area (Å²) in [6.07, 6.45) is 1.69. The SMILES string of the molecule is CC(C)Cn1cc(C(F)F)c(C(=O)NS(=O)(=O)C2CCCCC2)n1. The van der Waals surface area contributed by atoms with Crippen molar-refractivity contribution in [2.75, 3.05) is 0 Å². The zero-order valence-electron chi connectivity index (χ0n) is 13.8. The molecule has 1 aromatic heterocycles. The molecule has 0 atom stereocenters. The van der Waals surface area contributed by atoms with E-state index < -0.39 is 38.9 Å². The largest absolute Gasteiger partial charge is 0.285 e. The van der Waals surface area contributed by atoms with Gasteiger partial charge in [0.15, 0.2) is 5.69 Å². The van der Waals surface area contributed by atoms with E-state index in [2.05, 4.69) is 5.10 Å². The molecule has 0 unspecified atom stereocenters. The van der Waals surface area contributed by atoms with Gasteiger partial charge < -0.3 is 0 Å². The van der Waals surface area contributed by atoms with Crippen LogP contribution in [0, 0.1) is 5.92 Å². The number of amides is 1. The minimum Gasteiger partial charge on any atom is -0.271 e. The number of carbonyl (C=O) groups excluding carboxylic acids is 1. The second kappa shape index (κ2) is 7.58. The van der Waals surface area contributed by atoms with E-state index in [0.717, 1.165) is 25.5 Å². The Morgan fingerprint density at radius 1 is 1.33 bits per heavy atom. The van der Waals surface area contributed by atoms with Crippen LogP contribution in [-0.4, -0.2) is 29.4 Å². The van der Waals surface area contributed by atoms with Crippen molar-refractivity contribution >= 4 is 15.9 Å². The summed E-state index contributed by atoms with van der Waals surface area (Å²) < 4.78 is 54.0. The van der Waals surface area contributed by atoms with Crippen molar-refractivity contribution in [1.82, 2.24) is 14.5 Å². The molecule has 0 radical (unpaired) electrons. The molecule has 0 aromatic carbocycles. The molecule has 1 heterocycles. The molecule has 1 aromatic rings. The van der Waals surface area contributed by atoms with E-state index in [1.54, 1.807) is 0 Å². The molecule has 136 valence electrons. The number of nitrogens with one attached hydrogen (secondary N) is 1. The van der Waals surface area contributed by atoms with Gasteiger partial charge in [-0.2, -0.15) is 5.10 Å². The van der Waals surface area contributed by atoms with Gasteiger partial charge in [-0.1, -0.05) is 33.1 Å². The summed E-state index contributed by atoms with van der Waals surface area (Å²) in [6, 6.07) is 0. The predicted molar refractivity (Wildman–Crippen MR) is 85.3 cm³/mol. The summed E-state index contributed by atoms with van der Waals surface area (Å²) in [5, 5.41) is 3.21. The highest BCUT2D eigenvalue weighted by Gasteiger charge is 2.31. The molecule has 1 fully saturated rings. The lowest BCUT2D eigenvalue weighted by Crippen LogP contribution is -2.39. The van der Waals surface area contributed by atoms with Crippen molar-refractivity contribution in [2.24, 2.45) is 5.92 Å². The molecule has 9 heteroatoms. The third-order valence-electron chi connectivity index (χ3n) is 4.02. The molecule has 2 rings (SSSR count). The summed E-state index contributed by atoms with van der Waals surface area (Å²) in [7, 11) is -3.88. The van der Waals surface area contributed by atoms with Crippen LogP contribution < -0.4 is 4.72 Å². The first-order valence-corrected chi connectivity index (χ1v) is 9.66. The van der Waals surface area contributed by atoms with E-state index in [1.165, 1.54) is 4.68 Å². The number of halogens is 2. The fourth-order valence-corrected chi connectivity index (χ4v) is 4.35. The third-order valence-corrected chi connectivity index (χ3v) is 5.84. The van der Waals surface area contributed by atoms with Crippen molar-refractivity contribution in [1.29, 1.82) is 0 Å². The van der Waals surface area contributed by atoms with Crippen LogP contribution in [0.25, 0.3) is 0 Å². The molecule has 1 saturated carbocycles. The predicted octanol–water partition coefficient (Wildman–Crippen LogP) is 2.87. The van der Waals surface area contributed by atoms with Gasteiger partial charge in [-0.15, -0.1) is 0 Å². The summed E-state index contributed by atoms with van der Waals surface area (Å²) in [5.74, 6) is -0.935. The number of hydrogen-bond acceptors (Lipinski definition) is 4. The highest BCUT2D eigenvalue weighted by Crippen LogP contribution is 2.25. The summed E-state index contributed by atoms with van der Waals surface area (Å²) in [4.78, 5) is 12.2. The second-order valence-electron chi connectivity index (χ2n) is 6.59. The number of sulfonamides is 1. The quantitative estimate of drug-likeness (QED) is 0.843. The van der Waals surface area contributed by atoms with Crippen LogP contribution >= 0.6 is 0 Å². The van der Waals surface area contributed by atoms with Gasteiger partial charge in [-0.25, -0.2) is 21.9 Å². The molecule has 1 N–H and O–H groups in total. The molecule has 0 aliphatic heterocycles. The van der Waals surface area contributed by atoms with Crippen molar-refractivity contribution < 1.29 is 22.0 Å². The second-order valence-corrected chi connectivity index (χ2v) is 8.55. The van der Waals surface area contributed by atoms with Gasteiger partial charge in [0.1, 0.15) is 0 Å². The first-order valence-electron chi connectivity index (χ1n) is 8.12. The Hall–Kier alpha value is -1.51. The fraction of sp³-hybridized carbons (Fsp3) is 0.733. The van der Waals surface area contributed by atoms with Gasteiger partial charge in [-0.05, 0) is 18.8 Å². The lowest BCUT2D eigenvalue weighted by atomic mass is 10.0. The Morgan fingerprint density at radius 3 is 2.50 bits per heavy atom. The van der Waals surface area contributed by atoms with Gasteiger partial charge >= 0.3 is 0 Å². The van der Waals surface area contributed by atoms with E-state index in [0.29, 0.717) is 19.4 Å². The molecule has 0 spiro atoms. The van der Waals surface area contributed by atoms with Crippen LogP contribution in [0.1, 0.15) is 68.4 Å². The average Bonchev–Trinajstić information content (AvgIpc) is 2.91. The van der Waals surface area contributed by atoms with E-state index >= 15 is 0 Å². The zero-order valence-corrected chi connectivity index (χ0v) is 14.7. The van der Waals surface area contributed by atoms with Crippen molar-refractivity contribution in [3.63, 3.8) is 0 Å². The molecule has 1 aliphatic rings. The monoisotopic (exact) mass is 363 g/mol. The lowest BCUT2D eigenvalue weighted by molar-refractivity contribution is 0.0961. The first-order chi connectivity index (χ1) is 11.2. The van der Waals surface area contributed by atoms with Crippen LogP contribution in [0.15, 0.2) is 6.20 Å². The Morgan fingerprint density at radius 2 is 1.96 bits per heavy atom. The number of hydrogen-bond donors (Lipinski definition) is 1. The molecule has 0 bridgehead atoms. The number of carbonyl (C=O) groups is 1. The van der Waals surface area contributed by atoms with Crippen LogP contribution in [-0.2, 0) is 16.6 Å². The van der Waals surface area contributed by atoms with E-state index in [9.17, 15) is 22.0 Å². The van der Waals surface area contributed by atoms with E-state index in [-0.39, 0.29) is 5.92 Å². The van der Waals surface area contributed by atoms with Crippen LogP contribution in [0.5, 0.6) is 0 Å². The minimum atomic E-state index is -3.88. The number of aromatic nitrogens is 2. The van der Waals surface area contributed by atoms with Gasteiger partial charge in [0.2, 0.25) is 10.0 Å². The van der Waals surface area contributed by atoms with Crippen molar-refractivity contribution in [3.05, 3.63) is 17.5 Å². The Bertz CT molecular complexity index is 680. The zero-order chi connectivity index (χ0) is 17.9.